The summed E-state index contributed by atoms with van der Waals surface area (Å²) in [5.74, 6) is -1.27. The van der Waals surface area contributed by atoms with Gasteiger partial charge >= 0.3 is 6.09 Å². The molecule has 274 valence electrons. The lowest BCUT2D eigenvalue weighted by molar-refractivity contribution is -0.133. The van der Waals surface area contributed by atoms with Crippen LogP contribution in [0.25, 0.3) is 0 Å². The number of methoxy groups -OCH3 is 1. The Hall–Kier alpha value is -3.38. The maximum Gasteiger partial charge on any atom is 0.410 e. The van der Waals surface area contributed by atoms with E-state index in [-0.39, 0.29) is 49.2 Å². The van der Waals surface area contributed by atoms with Gasteiger partial charge in [0.15, 0.2) is 5.60 Å². The van der Waals surface area contributed by atoms with Crippen molar-refractivity contribution in [2.24, 2.45) is 17.8 Å². The van der Waals surface area contributed by atoms with Gasteiger partial charge in [0.25, 0.3) is 5.91 Å². The smallest absolute Gasteiger partial charge is 0.410 e. The zero-order chi connectivity index (χ0) is 36.5. The minimum atomic E-state index is -1.17. The van der Waals surface area contributed by atoms with E-state index < -0.39 is 40.8 Å². The summed E-state index contributed by atoms with van der Waals surface area (Å²) in [6.07, 6.45) is 2.48. The number of aliphatic hydroxyl groups is 1. The fourth-order valence-corrected chi connectivity index (χ4v) is 6.57. The van der Waals surface area contributed by atoms with Crippen molar-refractivity contribution in [1.82, 2.24) is 10.2 Å². The average molecular weight is 687 g/mol. The Morgan fingerprint density at radius 3 is 2.33 bits per heavy atom. The molecule has 4 rings (SSSR count). The molecule has 3 aliphatic rings. The van der Waals surface area contributed by atoms with E-state index in [1.165, 1.54) is 4.90 Å². The number of likely N-dealkylation sites (tertiary alicyclic amines) is 1. The van der Waals surface area contributed by atoms with Gasteiger partial charge in [0, 0.05) is 45.1 Å². The number of anilines is 2. The quantitative estimate of drug-likeness (QED) is 0.297. The Morgan fingerprint density at radius 1 is 1.10 bits per heavy atom. The molecule has 2 heterocycles. The first-order valence-electron chi connectivity index (χ1n) is 17.7. The topological polar surface area (TPSA) is 138 Å². The van der Waals surface area contributed by atoms with Gasteiger partial charge in [0.1, 0.15) is 11.4 Å². The molecule has 2 fully saturated rings. The number of amides is 4. The fourth-order valence-electron chi connectivity index (χ4n) is 6.57. The SMILES string of the molecule is COCCCN1C(=O)C(C)(C)Oc2ccc(N(C(=O)[C@@H]3C[C@H](C(=O)N[C@H](CC(C)C)C(C)(C)O)CN(C(=O)OC(C)(C)C)C3)C3CC3)cc21. The molecule has 1 saturated heterocycles. The second-order valence-electron chi connectivity index (χ2n) is 16.4. The Balaban J connectivity index is 1.66. The predicted molar refractivity (Wildman–Crippen MR) is 188 cm³/mol. The van der Waals surface area contributed by atoms with Crippen LogP contribution in [-0.2, 0) is 23.9 Å². The molecule has 2 aliphatic heterocycles. The molecular formula is C37H58N4O8. The summed E-state index contributed by atoms with van der Waals surface area (Å²) >= 11 is 0. The van der Waals surface area contributed by atoms with Crippen molar-refractivity contribution in [1.29, 1.82) is 0 Å². The Bertz CT molecular complexity index is 1380. The maximum absolute atomic E-state index is 14.6. The van der Waals surface area contributed by atoms with Gasteiger partial charge in [0.2, 0.25) is 11.8 Å². The first kappa shape index (κ1) is 38.4. The van der Waals surface area contributed by atoms with Crippen LogP contribution >= 0.6 is 0 Å². The average Bonchev–Trinajstić information content (AvgIpc) is 3.82. The summed E-state index contributed by atoms with van der Waals surface area (Å²) in [6.45, 7) is 17.3. The summed E-state index contributed by atoms with van der Waals surface area (Å²) in [5, 5.41) is 13.9. The highest BCUT2D eigenvalue weighted by atomic mass is 16.6. The number of hydrogen-bond donors (Lipinski definition) is 2. The van der Waals surface area contributed by atoms with E-state index in [4.69, 9.17) is 14.2 Å². The minimum absolute atomic E-state index is 0.0427. The maximum atomic E-state index is 14.6. The molecule has 12 nitrogen and oxygen atoms in total. The second-order valence-corrected chi connectivity index (χ2v) is 16.4. The van der Waals surface area contributed by atoms with Gasteiger partial charge in [-0.3, -0.25) is 14.4 Å². The minimum Gasteiger partial charge on any atom is -0.476 e. The third-order valence-corrected chi connectivity index (χ3v) is 9.22. The van der Waals surface area contributed by atoms with Crippen LogP contribution in [0.15, 0.2) is 18.2 Å². The molecule has 0 bridgehead atoms. The largest absolute Gasteiger partial charge is 0.476 e. The van der Waals surface area contributed by atoms with Crippen molar-refractivity contribution in [3.63, 3.8) is 0 Å². The highest BCUT2D eigenvalue weighted by Crippen LogP contribution is 2.43. The summed E-state index contributed by atoms with van der Waals surface area (Å²) < 4.78 is 17.0. The van der Waals surface area contributed by atoms with Crippen molar-refractivity contribution in [3.8, 4) is 5.75 Å². The Kier molecular flexibility index (Phi) is 11.6. The van der Waals surface area contributed by atoms with Crippen LogP contribution in [0, 0.1) is 17.8 Å². The molecule has 49 heavy (non-hydrogen) atoms. The number of hydrogen-bond acceptors (Lipinski definition) is 8. The van der Waals surface area contributed by atoms with Crippen molar-refractivity contribution >= 4 is 35.2 Å². The van der Waals surface area contributed by atoms with Gasteiger partial charge < -0.3 is 39.3 Å². The number of carbonyl (C=O) groups excluding carboxylic acids is 4. The molecule has 12 heteroatoms. The molecular weight excluding hydrogens is 628 g/mol. The summed E-state index contributed by atoms with van der Waals surface area (Å²) in [6, 6.07) is 4.93. The van der Waals surface area contributed by atoms with Crippen molar-refractivity contribution in [2.45, 2.75) is 123 Å². The fraction of sp³-hybridized carbons (Fsp3) is 0.730. The molecule has 1 saturated carbocycles. The van der Waals surface area contributed by atoms with Gasteiger partial charge in [-0.2, -0.15) is 0 Å². The summed E-state index contributed by atoms with van der Waals surface area (Å²) in [7, 11) is 1.62. The second kappa shape index (κ2) is 14.8. The normalized spacial score (nSPS) is 21.5. The number of ether oxygens (including phenoxy) is 3. The zero-order valence-corrected chi connectivity index (χ0v) is 31.1. The van der Waals surface area contributed by atoms with Crippen molar-refractivity contribution < 1.29 is 38.5 Å². The lowest BCUT2D eigenvalue weighted by Crippen LogP contribution is -2.57. The molecule has 0 unspecified atom stereocenters. The highest BCUT2D eigenvalue weighted by Gasteiger charge is 2.45. The van der Waals surface area contributed by atoms with Gasteiger partial charge in [-0.05, 0) is 105 Å². The van der Waals surface area contributed by atoms with Crippen molar-refractivity contribution in [3.05, 3.63) is 18.2 Å². The zero-order valence-electron chi connectivity index (χ0n) is 31.1. The van der Waals surface area contributed by atoms with Gasteiger partial charge in [0.05, 0.1) is 29.2 Å². The molecule has 0 spiro atoms. The number of piperidine rings is 1. The molecule has 4 amide bonds. The molecule has 0 radical (unpaired) electrons. The van der Waals surface area contributed by atoms with E-state index in [9.17, 15) is 24.3 Å². The van der Waals surface area contributed by atoms with E-state index >= 15 is 0 Å². The predicted octanol–water partition coefficient (Wildman–Crippen LogP) is 4.90. The van der Waals surface area contributed by atoms with Crippen LogP contribution in [0.5, 0.6) is 5.75 Å². The molecule has 1 aromatic carbocycles. The third kappa shape index (κ3) is 9.66. The van der Waals surface area contributed by atoms with Crippen molar-refractivity contribution in [2.75, 3.05) is 43.2 Å². The summed E-state index contributed by atoms with van der Waals surface area (Å²) in [4.78, 5) is 60.3. The Labute approximate surface area is 291 Å². The van der Waals surface area contributed by atoms with E-state index in [1.54, 1.807) is 71.4 Å². The molecule has 3 atom stereocenters. The lowest BCUT2D eigenvalue weighted by atomic mass is 9.86. The number of nitrogens with zero attached hydrogens (tertiary/aromatic N) is 3. The summed E-state index contributed by atoms with van der Waals surface area (Å²) in [5.41, 5.74) is -1.75. The lowest BCUT2D eigenvalue weighted by Gasteiger charge is -2.41. The third-order valence-electron chi connectivity index (χ3n) is 9.22. The van der Waals surface area contributed by atoms with Crippen LogP contribution in [0.3, 0.4) is 0 Å². The van der Waals surface area contributed by atoms with Gasteiger partial charge in [-0.1, -0.05) is 13.8 Å². The standard InChI is InChI=1S/C37H58N4O8/c1-23(2)18-30(36(6,7)46)38-31(42)24-19-25(22-39(21-24)34(45)49-35(3,4)5)32(43)41(26-12-13-26)27-14-15-29-28(20-27)40(16-11-17-47-10)33(44)37(8,9)48-29/h14-15,20,23-26,30,46H,11-13,16-19,21-22H2,1-10H3,(H,38,42)/t24-,25+,30+/m0/s1. The first-order valence-corrected chi connectivity index (χ1v) is 17.7. The number of benzene rings is 1. The van der Waals surface area contributed by atoms with Crippen LogP contribution in [0.2, 0.25) is 0 Å². The van der Waals surface area contributed by atoms with Gasteiger partial charge in [-0.25, -0.2) is 4.79 Å². The van der Waals surface area contributed by atoms with Crippen LogP contribution in [0.1, 0.15) is 94.4 Å². The van der Waals surface area contributed by atoms with Crippen LogP contribution in [0.4, 0.5) is 16.2 Å². The monoisotopic (exact) mass is 686 g/mol. The number of fused-ring (bicyclic) bond motifs is 1. The van der Waals surface area contributed by atoms with Gasteiger partial charge in [-0.15, -0.1) is 0 Å². The number of rotatable bonds is 12. The van der Waals surface area contributed by atoms with E-state index in [0.29, 0.717) is 43.1 Å². The van der Waals surface area contributed by atoms with Crippen LogP contribution in [-0.4, -0.2) is 96.1 Å². The molecule has 1 aliphatic carbocycles. The molecule has 0 aromatic heterocycles. The first-order chi connectivity index (χ1) is 22.7. The Morgan fingerprint density at radius 2 is 1.76 bits per heavy atom. The van der Waals surface area contributed by atoms with E-state index in [1.807, 2.05) is 26.0 Å². The van der Waals surface area contributed by atoms with E-state index in [2.05, 4.69) is 5.32 Å². The molecule has 2 N–H and O–H groups in total. The van der Waals surface area contributed by atoms with E-state index in [0.717, 1.165) is 12.8 Å². The number of carbonyl (C=O) groups is 4. The number of nitrogens with one attached hydrogen (secondary N) is 1. The van der Waals surface area contributed by atoms with Crippen LogP contribution < -0.4 is 19.9 Å². The highest BCUT2D eigenvalue weighted by molar-refractivity contribution is 6.04. The molecule has 1 aromatic rings.